The van der Waals surface area contributed by atoms with Gasteiger partial charge in [0.1, 0.15) is 11.7 Å². The van der Waals surface area contributed by atoms with Gasteiger partial charge in [-0.25, -0.2) is 0 Å². The van der Waals surface area contributed by atoms with Crippen molar-refractivity contribution in [3.63, 3.8) is 0 Å². The van der Waals surface area contributed by atoms with Gasteiger partial charge < -0.3 is 14.7 Å². The molecule has 2 atom stereocenters. The highest BCUT2D eigenvalue weighted by Crippen LogP contribution is 2.34. The van der Waals surface area contributed by atoms with Crippen LogP contribution < -0.4 is 0 Å². The number of hydrogen-bond donors (Lipinski definition) is 0. The van der Waals surface area contributed by atoms with Crippen LogP contribution >= 0.6 is 0 Å². The van der Waals surface area contributed by atoms with Crippen molar-refractivity contribution in [3.8, 4) is 0 Å². The Morgan fingerprint density at radius 2 is 2.06 bits per heavy atom. The van der Waals surface area contributed by atoms with Crippen LogP contribution in [-0.4, -0.2) is 89.3 Å². The quantitative estimate of drug-likeness (QED) is 0.658. The molecule has 5 rings (SSSR count). The van der Waals surface area contributed by atoms with Crippen molar-refractivity contribution in [2.24, 2.45) is 4.99 Å². The summed E-state index contributed by atoms with van der Waals surface area (Å²) in [5, 5.41) is 0. The van der Waals surface area contributed by atoms with E-state index < -0.39 is 0 Å². The minimum atomic E-state index is 0.314. The van der Waals surface area contributed by atoms with Crippen molar-refractivity contribution in [2.45, 2.75) is 51.1 Å². The average Bonchev–Trinajstić information content (AvgIpc) is 3.25. The van der Waals surface area contributed by atoms with Crippen LogP contribution in [0.5, 0.6) is 0 Å². The molecule has 3 aliphatic heterocycles. The molecule has 1 fully saturated rings. The summed E-state index contributed by atoms with van der Waals surface area (Å²) in [6.07, 6.45) is 14.7. The predicted octanol–water partition coefficient (Wildman–Crippen LogP) is 3.30. The summed E-state index contributed by atoms with van der Waals surface area (Å²) in [6.45, 7) is 9.88. The molecule has 1 saturated heterocycles. The highest BCUT2D eigenvalue weighted by molar-refractivity contribution is 5.96. The second-order valence-electron chi connectivity index (χ2n) is 9.73. The maximum absolute atomic E-state index is 5.18. The summed E-state index contributed by atoms with van der Waals surface area (Å²) in [4.78, 5) is 20.1. The van der Waals surface area contributed by atoms with Crippen LogP contribution in [0.3, 0.4) is 0 Å². The summed E-state index contributed by atoms with van der Waals surface area (Å²) >= 11 is 0. The second kappa shape index (κ2) is 9.75. The van der Waals surface area contributed by atoms with E-state index in [1.807, 2.05) is 6.20 Å². The number of unbranched alkanes of at least 4 members (excludes halogenated alkanes) is 1. The molecule has 0 N–H and O–H groups in total. The molecular formula is C26H38N6. The largest absolute Gasteiger partial charge is 0.355 e. The van der Waals surface area contributed by atoms with Gasteiger partial charge in [0.2, 0.25) is 0 Å². The number of likely N-dealkylation sites (N-methyl/N-ethyl adjacent to an activating group) is 1. The Hall–Kier alpha value is -2.18. The van der Waals surface area contributed by atoms with Gasteiger partial charge in [0, 0.05) is 45.5 Å². The maximum Gasteiger partial charge on any atom is 0.129 e. The number of aryl methyl sites for hydroxylation is 1. The van der Waals surface area contributed by atoms with Crippen molar-refractivity contribution >= 4 is 5.84 Å². The molecular weight excluding hydrogens is 396 g/mol. The fourth-order valence-electron chi connectivity index (χ4n) is 5.61. The number of fused-ring (bicyclic) bond motifs is 2. The van der Waals surface area contributed by atoms with E-state index in [1.165, 1.54) is 49.2 Å². The molecule has 0 spiro atoms. The van der Waals surface area contributed by atoms with E-state index in [-0.39, 0.29) is 0 Å². The summed E-state index contributed by atoms with van der Waals surface area (Å²) in [5.74, 6) is 2.48. The van der Waals surface area contributed by atoms with E-state index in [0.29, 0.717) is 12.1 Å². The Labute approximate surface area is 193 Å². The Bertz CT molecular complexity index is 882. The third-order valence-electron chi connectivity index (χ3n) is 7.43. The summed E-state index contributed by atoms with van der Waals surface area (Å²) in [5.41, 5.74) is 2.76. The van der Waals surface area contributed by atoms with Crippen LogP contribution in [0.4, 0.5) is 0 Å². The van der Waals surface area contributed by atoms with Crippen LogP contribution in [0.25, 0.3) is 0 Å². The maximum atomic E-state index is 5.18. The first kappa shape index (κ1) is 21.7. The number of aliphatic imine (C=N–C) groups is 1. The van der Waals surface area contributed by atoms with Crippen molar-refractivity contribution in [1.29, 1.82) is 0 Å². The molecule has 6 nitrogen and oxygen atoms in total. The van der Waals surface area contributed by atoms with Gasteiger partial charge in [-0.2, -0.15) is 0 Å². The zero-order chi connectivity index (χ0) is 21.9. The van der Waals surface area contributed by atoms with Gasteiger partial charge in [-0.15, -0.1) is 0 Å². The number of piperazine rings is 1. The molecule has 0 amide bonds. The molecule has 1 aromatic rings. The van der Waals surface area contributed by atoms with Gasteiger partial charge in [-0.05, 0) is 63.1 Å². The highest BCUT2D eigenvalue weighted by atomic mass is 15.4. The minimum Gasteiger partial charge on any atom is -0.355 e. The number of amidine groups is 1. The van der Waals surface area contributed by atoms with Gasteiger partial charge in [0.15, 0.2) is 0 Å². The summed E-state index contributed by atoms with van der Waals surface area (Å²) in [6, 6.07) is 5.12. The summed E-state index contributed by atoms with van der Waals surface area (Å²) < 4.78 is 0. The molecule has 0 bridgehead atoms. The van der Waals surface area contributed by atoms with Crippen LogP contribution in [0.2, 0.25) is 0 Å². The first-order valence-corrected chi connectivity index (χ1v) is 12.6. The first-order valence-electron chi connectivity index (χ1n) is 12.6. The normalized spacial score (nSPS) is 25.6. The second-order valence-corrected chi connectivity index (χ2v) is 9.73. The molecule has 32 heavy (non-hydrogen) atoms. The van der Waals surface area contributed by atoms with Crippen LogP contribution in [0, 0.1) is 0 Å². The number of nitrogens with zero attached hydrogens (tertiary/aromatic N) is 6. The molecule has 0 radical (unpaired) electrons. The third-order valence-corrected chi connectivity index (χ3v) is 7.43. The Kier molecular flexibility index (Phi) is 6.60. The molecule has 6 heteroatoms. The van der Waals surface area contributed by atoms with Gasteiger partial charge in [0.25, 0.3) is 0 Å². The van der Waals surface area contributed by atoms with E-state index in [2.05, 4.69) is 63.9 Å². The average molecular weight is 435 g/mol. The zero-order valence-corrected chi connectivity index (χ0v) is 19.8. The number of pyridine rings is 1. The number of allylic oxidation sites excluding steroid dienone is 2. The van der Waals surface area contributed by atoms with E-state index in [4.69, 9.17) is 9.98 Å². The first-order chi connectivity index (χ1) is 15.7. The lowest BCUT2D eigenvalue weighted by Gasteiger charge is -2.40. The lowest BCUT2D eigenvalue weighted by atomic mass is 9.90. The van der Waals surface area contributed by atoms with Crippen LogP contribution in [-0.2, 0) is 6.42 Å². The van der Waals surface area contributed by atoms with Gasteiger partial charge in [-0.3, -0.25) is 14.9 Å². The molecule has 1 aromatic heterocycles. The minimum absolute atomic E-state index is 0.314. The lowest BCUT2D eigenvalue weighted by molar-refractivity contribution is 0.148. The van der Waals surface area contributed by atoms with E-state index in [0.717, 1.165) is 51.6 Å². The standard InChI is InChI=1S/C26H38N6/c1-3-4-14-31(23-10-5-8-21-9-7-13-27-26(21)23)19-22-20-32-24(28-22)11-6-12-25(32)30-17-15-29(2)16-18-30/h6-7,9,11-13,22-23H,3-5,8,10,14-20H2,1-2H3/t22?,23-/m0/s1. The van der Waals surface area contributed by atoms with E-state index >= 15 is 0 Å². The molecule has 172 valence electrons. The van der Waals surface area contributed by atoms with Crippen molar-refractivity contribution in [1.82, 2.24) is 24.6 Å². The topological polar surface area (TPSA) is 38.2 Å². The molecule has 4 heterocycles. The summed E-state index contributed by atoms with van der Waals surface area (Å²) in [7, 11) is 2.22. The van der Waals surface area contributed by atoms with Crippen LogP contribution in [0.1, 0.15) is 49.9 Å². The molecule has 0 aromatic carbocycles. The number of rotatable bonds is 7. The zero-order valence-electron chi connectivity index (χ0n) is 19.8. The predicted molar refractivity (Wildman–Crippen MR) is 131 cm³/mol. The lowest BCUT2D eigenvalue weighted by Crippen LogP contribution is -2.48. The molecule has 0 saturated carbocycles. The van der Waals surface area contributed by atoms with Crippen LogP contribution in [0.15, 0.2) is 47.4 Å². The fraction of sp³-hybridized carbons (Fsp3) is 0.615. The Morgan fingerprint density at radius 3 is 2.91 bits per heavy atom. The number of aromatic nitrogens is 1. The fourth-order valence-corrected chi connectivity index (χ4v) is 5.61. The Morgan fingerprint density at radius 1 is 1.19 bits per heavy atom. The van der Waals surface area contributed by atoms with Crippen molar-refractivity contribution < 1.29 is 0 Å². The third kappa shape index (κ3) is 4.48. The molecule has 4 aliphatic rings. The van der Waals surface area contributed by atoms with E-state index in [9.17, 15) is 0 Å². The van der Waals surface area contributed by atoms with Gasteiger partial charge in [-0.1, -0.05) is 25.5 Å². The monoisotopic (exact) mass is 434 g/mol. The van der Waals surface area contributed by atoms with Gasteiger partial charge >= 0.3 is 0 Å². The highest BCUT2D eigenvalue weighted by Gasteiger charge is 2.34. The SMILES string of the molecule is CCCCN(CC1CN2C(N3CCN(C)CC3)=CC=CC2=N1)[C@H]1CCCc2cccnc21. The van der Waals surface area contributed by atoms with E-state index in [1.54, 1.807) is 0 Å². The Balaban J connectivity index is 1.30. The van der Waals surface area contributed by atoms with Gasteiger partial charge in [0.05, 0.1) is 17.8 Å². The van der Waals surface area contributed by atoms with Crippen molar-refractivity contribution in [2.75, 3.05) is 52.9 Å². The number of hydrogen-bond acceptors (Lipinski definition) is 6. The smallest absolute Gasteiger partial charge is 0.129 e. The van der Waals surface area contributed by atoms with Crippen molar-refractivity contribution in [3.05, 3.63) is 53.6 Å². The molecule has 1 unspecified atom stereocenters. The molecule has 1 aliphatic carbocycles.